The van der Waals surface area contributed by atoms with Gasteiger partial charge >= 0.3 is 0 Å². The van der Waals surface area contributed by atoms with Crippen molar-refractivity contribution < 1.29 is 4.79 Å². The number of aromatic nitrogens is 1. The van der Waals surface area contributed by atoms with Crippen LogP contribution in [-0.2, 0) is 11.2 Å². The topological polar surface area (TPSA) is 56.0 Å². The highest BCUT2D eigenvalue weighted by atomic mass is 79.9. The summed E-state index contributed by atoms with van der Waals surface area (Å²) in [6.45, 7) is 0. The number of halogens is 1. The molecule has 1 aromatic rings. The molecule has 4 heteroatoms. The van der Waals surface area contributed by atoms with Gasteiger partial charge in [0.25, 0.3) is 0 Å². The number of pyridine rings is 1. The van der Waals surface area contributed by atoms with E-state index in [4.69, 9.17) is 5.73 Å². The lowest BCUT2D eigenvalue weighted by Gasteiger charge is -2.21. The van der Waals surface area contributed by atoms with Crippen LogP contribution in [0.4, 0.5) is 0 Å². The fourth-order valence-electron chi connectivity index (χ4n) is 2.14. The van der Waals surface area contributed by atoms with Crippen LogP contribution in [0, 0.1) is 0 Å². The van der Waals surface area contributed by atoms with Gasteiger partial charge in [0.2, 0.25) is 0 Å². The summed E-state index contributed by atoms with van der Waals surface area (Å²) in [5.74, 6) is 0.125. The first-order valence-corrected chi connectivity index (χ1v) is 6.32. The first-order chi connectivity index (χ1) is 7.60. The highest BCUT2D eigenvalue weighted by Gasteiger charge is 2.36. The Kier molecular flexibility index (Phi) is 3.40. The van der Waals surface area contributed by atoms with E-state index in [1.165, 1.54) is 0 Å². The summed E-state index contributed by atoms with van der Waals surface area (Å²) >= 11 is 3.32. The first-order valence-electron chi connectivity index (χ1n) is 5.53. The van der Waals surface area contributed by atoms with Gasteiger partial charge in [-0.2, -0.15) is 0 Å². The van der Waals surface area contributed by atoms with Gasteiger partial charge in [0.1, 0.15) is 0 Å². The number of hydrogen-bond acceptors (Lipinski definition) is 3. The summed E-state index contributed by atoms with van der Waals surface area (Å²) < 4.78 is 0.923. The molecular formula is C12H15BrN2O. The van der Waals surface area contributed by atoms with Gasteiger partial charge < -0.3 is 5.73 Å². The van der Waals surface area contributed by atoms with Crippen LogP contribution in [0.2, 0.25) is 0 Å². The second-order valence-corrected chi connectivity index (χ2v) is 5.35. The molecular weight excluding hydrogens is 268 g/mol. The van der Waals surface area contributed by atoms with Crippen molar-refractivity contribution in [2.45, 2.75) is 37.6 Å². The average Bonchev–Trinajstić information content (AvgIpc) is 2.70. The lowest BCUT2D eigenvalue weighted by Crippen LogP contribution is -2.46. The molecule has 3 nitrogen and oxygen atoms in total. The van der Waals surface area contributed by atoms with Crippen LogP contribution < -0.4 is 5.73 Å². The third-order valence-corrected chi connectivity index (χ3v) is 3.65. The zero-order valence-corrected chi connectivity index (χ0v) is 10.7. The minimum Gasteiger partial charge on any atom is -0.319 e. The molecule has 0 aliphatic heterocycles. The third-order valence-electron chi connectivity index (χ3n) is 3.18. The van der Waals surface area contributed by atoms with Crippen LogP contribution >= 0.6 is 15.9 Å². The Labute approximate surface area is 104 Å². The number of nitrogens with two attached hydrogens (primary N) is 1. The van der Waals surface area contributed by atoms with Crippen molar-refractivity contribution in [1.82, 2.24) is 4.98 Å². The summed E-state index contributed by atoms with van der Waals surface area (Å²) in [6, 6.07) is 3.76. The van der Waals surface area contributed by atoms with Crippen LogP contribution in [-0.4, -0.2) is 16.3 Å². The molecule has 0 spiro atoms. The number of rotatable bonds is 3. The van der Waals surface area contributed by atoms with Gasteiger partial charge in [0.15, 0.2) is 5.78 Å². The van der Waals surface area contributed by atoms with E-state index in [-0.39, 0.29) is 5.78 Å². The van der Waals surface area contributed by atoms with Crippen LogP contribution in [0.5, 0.6) is 0 Å². The number of nitrogens with zero attached hydrogens (tertiary/aromatic N) is 1. The van der Waals surface area contributed by atoms with E-state index in [0.717, 1.165) is 35.8 Å². The van der Waals surface area contributed by atoms with Gasteiger partial charge in [-0.1, -0.05) is 12.8 Å². The molecule has 1 aromatic heterocycles. The smallest absolute Gasteiger partial charge is 0.158 e. The molecule has 1 aliphatic carbocycles. The molecule has 1 aliphatic rings. The summed E-state index contributed by atoms with van der Waals surface area (Å²) in [7, 11) is 0. The second-order valence-electron chi connectivity index (χ2n) is 4.43. The predicted octanol–water partition coefficient (Wildman–Crippen LogP) is 2.23. The van der Waals surface area contributed by atoms with Crippen molar-refractivity contribution in [1.29, 1.82) is 0 Å². The molecule has 16 heavy (non-hydrogen) atoms. The molecule has 0 bridgehead atoms. The molecule has 0 amide bonds. The summed E-state index contributed by atoms with van der Waals surface area (Å²) in [6.07, 6.45) is 5.83. The Bertz CT molecular complexity index is 383. The average molecular weight is 283 g/mol. The van der Waals surface area contributed by atoms with E-state index in [1.807, 2.05) is 12.1 Å². The molecule has 0 saturated heterocycles. The fraction of sp³-hybridized carbons (Fsp3) is 0.500. The Morgan fingerprint density at radius 3 is 2.69 bits per heavy atom. The third kappa shape index (κ3) is 2.50. The molecule has 2 rings (SSSR count). The molecule has 1 saturated carbocycles. The highest BCUT2D eigenvalue weighted by Crippen LogP contribution is 2.28. The van der Waals surface area contributed by atoms with E-state index in [2.05, 4.69) is 20.9 Å². The molecule has 0 atom stereocenters. The Morgan fingerprint density at radius 1 is 1.44 bits per heavy atom. The summed E-state index contributed by atoms with van der Waals surface area (Å²) in [5.41, 5.74) is 6.30. The van der Waals surface area contributed by atoms with Crippen LogP contribution in [0.3, 0.4) is 0 Å². The SMILES string of the molecule is NC1(C(=O)Cc2ccc(Br)cn2)CCCC1. The van der Waals surface area contributed by atoms with Crippen molar-refractivity contribution in [3.63, 3.8) is 0 Å². The number of ketones is 1. The Balaban J connectivity index is 2.04. The molecule has 1 fully saturated rings. The van der Waals surface area contributed by atoms with E-state index < -0.39 is 5.54 Å². The lowest BCUT2D eigenvalue weighted by molar-refractivity contribution is -0.123. The van der Waals surface area contributed by atoms with Gasteiger partial charge in [0, 0.05) is 16.4 Å². The molecule has 0 unspecified atom stereocenters. The van der Waals surface area contributed by atoms with Gasteiger partial charge in [0.05, 0.1) is 12.0 Å². The van der Waals surface area contributed by atoms with E-state index in [0.29, 0.717) is 6.42 Å². The maximum absolute atomic E-state index is 12.0. The van der Waals surface area contributed by atoms with Crippen molar-refractivity contribution in [2.75, 3.05) is 0 Å². The monoisotopic (exact) mass is 282 g/mol. The minimum atomic E-state index is -0.589. The van der Waals surface area contributed by atoms with Crippen molar-refractivity contribution in [3.05, 3.63) is 28.5 Å². The molecule has 1 heterocycles. The van der Waals surface area contributed by atoms with Crippen LogP contribution in [0.15, 0.2) is 22.8 Å². The Morgan fingerprint density at radius 2 is 2.12 bits per heavy atom. The van der Waals surface area contributed by atoms with E-state index in [9.17, 15) is 4.79 Å². The van der Waals surface area contributed by atoms with Gasteiger partial charge in [-0.25, -0.2) is 0 Å². The van der Waals surface area contributed by atoms with Crippen molar-refractivity contribution >= 4 is 21.7 Å². The van der Waals surface area contributed by atoms with Crippen molar-refractivity contribution in [3.8, 4) is 0 Å². The van der Waals surface area contributed by atoms with Gasteiger partial charge in [-0.15, -0.1) is 0 Å². The molecule has 86 valence electrons. The molecule has 0 aromatic carbocycles. The molecule has 0 radical (unpaired) electrons. The minimum absolute atomic E-state index is 0.125. The first kappa shape index (κ1) is 11.7. The number of Topliss-reactive ketones (excluding diaryl/α,β-unsaturated/α-hetero) is 1. The largest absolute Gasteiger partial charge is 0.319 e. The normalized spacial score (nSPS) is 18.6. The standard InChI is InChI=1S/C12H15BrN2O/c13-9-3-4-10(15-8-9)7-11(16)12(14)5-1-2-6-12/h3-4,8H,1-2,5-7,14H2. The quantitative estimate of drug-likeness (QED) is 0.925. The predicted molar refractivity (Wildman–Crippen MR) is 66.0 cm³/mol. The number of carbonyl (C=O) groups is 1. The van der Waals surface area contributed by atoms with E-state index >= 15 is 0 Å². The van der Waals surface area contributed by atoms with Gasteiger partial charge in [-0.05, 0) is 40.9 Å². The fourth-order valence-corrected chi connectivity index (χ4v) is 2.37. The number of hydrogen-bond donors (Lipinski definition) is 1. The highest BCUT2D eigenvalue weighted by molar-refractivity contribution is 9.10. The Hall–Kier alpha value is -0.740. The van der Waals surface area contributed by atoms with Gasteiger partial charge in [-0.3, -0.25) is 9.78 Å². The lowest BCUT2D eigenvalue weighted by atomic mass is 9.90. The summed E-state index contributed by atoms with van der Waals surface area (Å²) in [4.78, 5) is 16.2. The van der Waals surface area contributed by atoms with E-state index in [1.54, 1.807) is 6.20 Å². The van der Waals surface area contributed by atoms with Crippen LogP contribution in [0.25, 0.3) is 0 Å². The second kappa shape index (κ2) is 4.63. The van der Waals surface area contributed by atoms with Crippen LogP contribution in [0.1, 0.15) is 31.4 Å². The molecule has 2 N–H and O–H groups in total. The van der Waals surface area contributed by atoms with Crippen molar-refractivity contribution in [2.24, 2.45) is 5.73 Å². The maximum atomic E-state index is 12.0. The maximum Gasteiger partial charge on any atom is 0.158 e. The number of carbonyl (C=O) groups excluding carboxylic acids is 1. The zero-order chi connectivity index (χ0) is 11.6. The zero-order valence-electron chi connectivity index (χ0n) is 9.08. The summed E-state index contributed by atoms with van der Waals surface area (Å²) in [5, 5.41) is 0.